The molecule has 0 unspecified atom stereocenters. The van der Waals surface area contributed by atoms with Crippen LogP contribution >= 0.6 is 11.6 Å². The average molecular weight is 603 g/mol. The number of carbonyl (C=O) groups is 1. The summed E-state index contributed by atoms with van der Waals surface area (Å²) in [6, 6.07) is 6.55. The van der Waals surface area contributed by atoms with Crippen molar-refractivity contribution in [3.63, 3.8) is 0 Å². The largest absolute Gasteiger partial charge is 0.351 e. The van der Waals surface area contributed by atoms with Crippen molar-refractivity contribution in [2.24, 2.45) is 0 Å². The van der Waals surface area contributed by atoms with Crippen molar-refractivity contribution in [1.29, 1.82) is 0 Å². The number of anilines is 2. The van der Waals surface area contributed by atoms with E-state index in [1.165, 1.54) is 18.9 Å². The van der Waals surface area contributed by atoms with Gasteiger partial charge in [-0.25, -0.2) is 9.37 Å². The van der Waals surface area contributed by atoms with Crippen LogP contribution in [0.4, 0.5) is 16.2 Å². The van der Waals surface area contributed by atoms with Crippen molar-refractivity contribution >= 4 is 51.1 Å². The first kappa shape index (κ1) is 28.0. The van der Waals surface area contributed by atoms with Crippen LogP contribution in [0.5, 0.6) is 0 Å². The number of aromatic amines is 1. The maximum Gasteiger partial charge on any atom is 0.246 e. The molecule has 4 aromatic rings. The van der Waals surface area contributed by atoms with Gasteiger partial charge >= 0.3 is 0 Å². The molecule has 2 saturated heterocycles. The van der Waals surface area contributed by atoms with E-state index in [4.69, 9.17) is 21.6 Å². The number of nitrogens with zero attached hydrogens (tertiary/aromatic N) is 6. The van der Waals surface area contributed by atoms with Crippen LogP contribution in [0.15, 0.2) is 37.1 Å². The van der Waals surface area contributed by atoms with Gasteiger partial charge in [0, 0.05) is 72.7 Å². The first-order valence-electron chi connectivity index (χ1n) is 15.1. The van der Waals surface area contributed by atoms with E-state index in [0.29, 0.717) is 47.9 Å². The van der Waals surface area contributed by atoms with Gasteiger partial charge in [0.05, 0.1) is 16.7 Å². The molecular formula is C32H36ClFN8O. The van der Waals surface area contributed by atoms with Crippen LogP contribution in [-0.2, 0) is 4.79 Å². The number of rotatable bonds is 6. The van der Waals surface area contributed by atoms with E-state index >= 15 is 4.39 Å². The fourth-order valence-corrected chi connectivity index (χ4v) is 7.07. The topological polar surface area (TPSA) is 93.3 Å². The smallest absolute Gasteiger partial charge is 0.246 e. The molecule has 1 saturated carbocycles. The Bertz CT molecular complexity index is 1730. The van der Waals surface area contributed by atoms with Crippen molar-refractivity contribution in [3.8, 4) is 11.1 Å². The van der Waals surface area contributed by atoms with E-state index in [1.807, 2.05) is 26.0 Å². The zero-order valence-corrected chi connectivity index (χ0v) is 25.3. The third-order valence-electron chi connectivity index (χ3n) is 9.26. The maximum absolute atomic E-state index is 16.9. The number of aryl methyl sites for hydroxylation is 1. The summed E-state index contributed by atoms with van der Waals surface area (Å²) in [5, 5.41) is 12.4. The number of nitrogens with one attached hydrogen (secondary N) is 2. The summed E-state index contributed by atoms with van der Waals surface area (Å²) in [6.07, 6.45) is 7.63. The number of H-pyrrole nitrogens is 1. The predicted octanol–water partition coefficient (Wildman–Crippen LogP) is 5.54. The minimum absolute atomic E-state index is 0.0613. The monoisotopic (exact) mass is 602 g/mol. The number of hydrogen-bond acceptors (Lipinski definition) is 7. The molecule has 4 heterocycles. The van der Waals surface area contributed by atoms with Crippen molar-refractivity contribution < 1.29 is 9.18 Å². The number of amides is 1. The van der Waals surface area contributed by atoms with E-state index in [1.54, 1.807) is 17.2 Å². The van der Waals surface area contributed by atoms with Crippen molar-refractivity contribution in [1.82, 2.24) is 30.0 Å². The van der Waals surface area contributed by atoms with E-state index in [2.05, 4.69) is 31.9 Å². The van der Waals surface area contributed by atoms with Crippen LogP contribution in [0.2, 0.25) is 5.02 Å². The second-order valence-corrected chi connectivity index (χ2v) is 12.5. The molecule has 11 heteroatoms. The molecule has 0 radical (unpaired) electrons. The Kier molecular flexibility index (Phi) is 7.21. The Morgan fingerprint density at radius 1 is 1.12 bits per heavy atom. The molecule has 0 spiro atoms. The van der Waals surface area contributed by atoms with E-state index in [9.17, 15) is 4.79 Å². The highest BCUT2D eigenvalue weighted by molar-refractivity contribution is 6.35. The average Bonchev–Trinajstić information content (AvgIpc) is 3.75. The third-order valence-corrected chi connectivity index (χ3v) is 9.56. The summed E-state index contributed by atoms with van der Waals surface area (Å²) >= 11 is 6.92. The van der Waals surface area contributed by atoms with Gasteiger partial charge in [-0.1, -0.05) is 24.2 Å². The Morgan fingerprint density at radius 2 is 1.91 bits per heavy atom. The SMILES string of the molecule is C=CC(=O)N1CCN(c2nc(NC3CCN(C4CC4)CC3)nc3c(F)c(-c4c(C)ccc5[nH]ncc45)c(Cl)cc23)[C@H](C)C1. The molecule has 3 fully saturated rings. The fourth-order valence-electron chi connectivity index (χ4n) is 6.78. The second-order valence-electron chi connectivity index (χ2n) is 12.1. The van der Waals surface area contributed by atoms with Gasteiger partial charge in [0.15, 0.2) is 5.82 Å². The molecule has 2 N–H and O–H groups in total. The molecule has 1 aliphatic carbocycles. The Morgan fingerprint density at radius 3 is 2.63 bits per heavy atom. The summed E-state index contributed by atoms with van der Waals surface area (Å²) < 4.78 is 16.9. The molecular weight excluding hydrogens is 567 g/mol. The summed E-state index contributed by atoms with van der Waals surface area (Å²) in [4.78, 5) is 28.6. The number of piperazine rings is 1. The molecule has 2 aromatic carbocycles. The summed E-state index contributed by atoms with van der Waals surface area (Å²) in [5.41, 5.74) is 2.92. The zero-order valence-electron chi connectivity index (χ0n) is 24.5. The minimum Gasteiger partial charge on any atom is -0.351 e. The number of halogens is 2. The highest BCUT2D eigenvalue weighted by atomic mass is 35.5. The standard InChI is InChI=1S/C32H36ClFN8O/c1-4-26(43)41-13-14-42(19(3)17-41)31-22-15-24(33)28(27-18(2)5-8-25-23(27)16-35-39-25)29(34)30(22)37-32(38-31)36-20-9-11-40(12-10-20)21-6-7-21/h4-5,8,15-16,19-21H,1,6-7,9-14,17H2,2-3H3,(H,35,39)(H,36,37,38)/t19-/m1/s1. The van der Waals surface area contributed by atoms with Crippen molar-refractivity contribution in [2.75, 3.05) is 42.9 Å². The maximum atomic E-state index is 16.9. The van der Waals surface area contributed by atoms with Gasteiger partial charge < -0.3 is 20.0 Å². The molecule has 224 valence electrons. The summed E-state index contributed by atoms with van der Waals surface area (Å²) in [5.74, 6) is 0.449. The fraction of sp³-hybridized carbons (Fsp3) is 0.438. The number of likely N-dealkylation sites (tertiary alicyclic amines) is 1. The van der Waals surface area contributed by atoms with Gasteiger partial charge in [0.2, 0.25) is 11.9 Å². The molecule has 0 bridgehead atoms. The van der Waals surface area contributed by atoms with Gasteiger partial charge in [0.25, 0.3) is 0 Å². The van der Waals surface area contributed by atoms with Crippen LogP contribution in [0.25, 0.3) is 32.9 Å². The molecule has 3 aliphatic rings. The lowest BCUT2D eigenvalue weighted by Gasteiger charge is -2.40. The summed E-state index contributed by atoms with van der Waals surface area (Å²) in [6.45, 7) is 11.3. The molecule has 1 atom stereocenters. The zero-order chi connectivity index (χ0) is 29.8. The van der Waals surface area contributed by atoms with Crippen LogP contribution in [0.3, 0.4) is 0 Å². The lowest BCUT2D eigenvalue weighted by Crippen LogP contribution is -2.53. The van der Waals surface area contributed by atoms with Crippen LogP contribution in [0, 0.1) is 12.7 Å². The normalized spacial score (nSPS) is 20.2. The van der Waals surface area contributed by atoms with Crippen LogP contribution in [0.1, 0.15) is 38.2 Å². The Hall–Kier alpha value is -3.76. The van der Waals surface area contributed by atoms with E-state index in [0.717, 1.165) is 48.4 Å². The lowest BCUT2D eigenvalue weighted by molar-refractivity contribution is -0.126. The number of piperidine rings is 1. The Balaban J connectivity index is 1.33. The molecule has 7 rings (SSSR count). The molecule has 43 heavy (non-hydrogen) atoms. The highest BCUT2D eigenvalue weighted by Gasteiger charge is 2.33. The van der Waals surface area contributed by atoms with Crippen molar-refractivity contribution in [3.05, 3.63) is 53.5 Å². The predicted molar refractivity (Wildman–Crippen MR) is 169 cm³/mol. The van der Waals surface area contributed by atoms with Crippen molar-refractivity contribution in [2.45, 2.75) is 57.7 Å². The molecule has 2 aliphatic heterocycles. The number of aromatic nitrogens is 4. The van der Waals surface area contributed by atoms with Crippen LogP contribution in [-0.4, -0.2) is 86.7 Å². The molecule has 1 amide bonds. The molecule has 2 aromatic heterocycles. The van der Waals surface area contributed by atoms with Crippen LogP contribution < -0.4 is 10.2 Å². The number of fused-ring (bicyclic) bond motifs is 2. The number of benzene rings is 2. The highest BCUT2D eigenvalue weighted by Crippen LogP contribution is 2.42. The first-order chi connectivity index (χ1) is 20.8. The van der Waals surface area contributed by atoms with E-state index < -0.39 is 5.82 Å². The summed E-state index contributed by atoms with van der Waals surface area (Å²) in [7, 11) is 0. The van der Waals surface area contributed by atoms with Gasteiger partial charge in [-0.2, -0.15) is 10.1 Å². The number of hydrogen-bond donors (Lipinski definition) is 2. The van der Waals surface area contributed by atoms with Gasteiger partial charge in [-0.05, 0) is 63.3 Å². The second kappa shape index (κ2) is 11.1. The third kappa shape index (κ3) is 5.10. The molecule has 9 nitrogen and oxygen atoms in total. The quantitative estimate of drug-likeness (QED) is 0.280. The minimum atomic E-state index is -0.484. The van der Waals surface area contributed by atoms with Gasteiger partial charge in [-0.3, -0.25) is 9.89 Å². The Labute approximate surface area is 255 Å². The number of carbonyl (C=O) groups excluding carboxylic acids is 1. The van der Waals surface area contributed by atoms with Gasteiger partial charge in [-0.15, -0.1) is 0 Å². The van der Waals surface area contributed by atoms with E-state index in [-0.39, 0.29) is 28.5 Å². The lowest BCUT2D eigenvalue weighted by atomic mass is 9.95. The van der Waals surface area contributed by atoms with Gasteiger partial charge in [0.1, 0.15) is 11.3 Å². The first-order valence-corrected chi connectivity index (χ1v) is 15.5.